The normalized spacial score (nSPS) is 10.4. The largest absolute Gasteiger partial charge is 0.351 e. The van der Waals surface area contributed by atoms with E-state index in [-0.39, 0.29) is 5.91 Å². The molecule has 3 N–H and O–H groups in total. The minimum Gasteiger partial charge on any atom is -0.351 e. The van der Waals surface area contributed by atoms with Crippen molar-refractivity contribution in [2.24, 2.45) is 0 Å². The van der Waals surface area contributed by atoms with Crippen LogP contribution in [0.3, 0.4) is 0 Å². The molecule has 0 saturated heterocycles. The van der Waals surface area contributed by atoms with Gasteiger partial charge in [-0.1, -0.05) is 30.1 Å². The summed E-state index contributed by atoms with van der Waals surface area (Å²) in [6.45, 7) is 4.50. The third kappa shape index (κ3) is 4.04. The number of carbonyl (C=O) groups is 1. The van der Waals surface area contributed by atoms with Crippen molar-refractivity contribution in [3.05, 3.63) is 21.9 Å². The van der Waals surface area contributed by atoms with Gasteiger partial charge in [-0.3, -0.25) is 4.79 Å². The summed E-state index contributed by atoms with van der Waals surface area (Å²) in [6.07, 6.45) is 0.891. The van der Waals surface area contributed by atoms with Gasteiger partial charge >= 0.3 is 0 Å². The lowest BCUT2D eigenvalue weighted by molar-refractivity contribution is 0.0949. The number of H-pyrrole nitrogens is 1. The SMILES string of the molecule is CCNCCCNC(=O)c1cc(Cl)c(Cl)[nH]1. The predicted molar refractivity (Wildman–Crippen MR) is 66.3 cm³/mol. The van der Waals surface area contributed by atoms with E-state index in [4.69, 9.17) is 23.2 Å². The number of aromatic amines is 1. The highest BCUT2D eigenvalue weighted by Crippen LogP contribution is 2.21. The van der Waals surface area contributed by atoms with E-state index in [0.717, 1.165) is 19.5 Å². The van der Waals surface area contributed by atoms with Crippen LogP contribution in [0.25, 0.3) is 0 Å². The number of carbonyl (C=O) groups excluding carboxylic acids is 1. The summed E-state index contributed by atoms with van der Waals surface area (Å²) in [6, 6.07) is 1.52. The van der Waals surface area contributed by atoms with Crippen molar-refractivity contribution in [2.45, 2.75) is 13.3 Å². The van der Waals surface area contributed by atoms with Gasteiger partial charge in [0.1, 0.15) is 10.8 Å². The van der Waals surface area contributed by atoms with Crippen LogP contribution in [0.5, 0.6) is 0 Å². The molecule has 0 atom stereocenters. The molecule has 16 heavy (non-hydrogen) atoms. The minimum atomic E-state index is -0.190. The van der Waals surface area contributed by atoms with E-state index in [0.29, 0.717) is 22.4 Å². The number of nitrogens with one attached hydrogen (secondary N) is 3. The molecule has 0 aliphatic heterocycles. The van der Waals surface area contributed by atoms with Gasteiger partial charge in [0.25, 0.3) is 5.91 Å². The Hall–Kier alpha value is -0.710. The average Bonchev–Trinajstić information content (AvgIpc) is 2.59. The Morgan fingerprint density at radius 1 is 1.44 bits per heavy atom. The van der Waals surface area contributed by atoms with Gasteiger partial charge in [0, 0.05) is 6.54 Å². The Kier molecular flexibility index (Phi) is 5.66. The lowest BCUT2D eigenvalue weighted by Gasteiger charge is -2.03. The Morgan fingerprint density at radius 2 is 2.19 bits per heavy atom. The molecule has 1 aromatic rings. The Bertz CT molecular complexity index is 332. The van der Waals surface area contributed by atoms with Gasteiger partial charge in [0.05, 0.1) is 5.02 Å². The minimum absolute atomic E-state index is 0.190. The molecule has 0 aliphatic carbocycles. The van der Waals surface area contributed by atoms with Crippen LogP contribution in [-0.2, 0) is 0 Å². The van der Waals surface area contributed by atoms with Crippen molar-refractivity contribution in [2.75, 3.05) is 19.6 Å². The molecule has 90 valence electrons. The van der Waals surface area contributed by atoms with E-state index in [1.165, 1.54) is 6.07 Å². The molecule has 0 spiro atoms. The molecule has 0 radical (unpaired) electrons. The maximum atomic E-state index is 11.6. The summed E-state index contributed by atoms with van der Waals surface area (Å²) in [5, 5.41) is 6.60. The second-order valence-electron chi connectivity index (χ2n) is 3.31. The lowest BCUT2D eigenvalue weighted by atomic mass is 10.3. The highest BCUT2D eigenvalue weighted by atomic mass is 35.5. The first-order valence-electron chi connectivity index (χ1n) is 5.18. The van der Waals surface area contributed by atoms with Gasteiger partial charge in [0.2, 0.25) is 0 Å². The fraction of sp³-hybridized carbons (Fsp3) is 0.500. The van der Waals surface area contributed by atoms with Crippen LogP contribution < -0.4 is 10.6 Å². The fourth-order valence-electron chi connectivity index (χ4n) is 1.21. The zero-order chi connectivity index (χ0) is 12.0. The fourth-order valence-corrected chi connectivity index (χ4v) is 1.53. The second-order valence-corrected chi connectivity index (χ2v) is 4.09. The van der Waals surface area contributed by atoms with E-state index in [2.05, 4.69) is 15.6 Å². The molecule has 1 heterocycles. The molecule has 4 nitrogen and oxygen atoms in total. The molecule has 0 saturated carbocycles. The number of hydrogen-bond acceptors (Lipinski definition) is 2. The number of rotatable bonds is 6. The van der Waals surface area contributed by atoms with E-state index in [1.54, 1.807) is 0 Å². The van der Waals surface area contributed by atoms with Crippen LogP contribution in [0, 0.1) is 0 Å². The predicted octanol–water partition coefficient (Wildman–Crippen LogP) is 2.05. The Morgan fingerprint density at radius 3 is 2.75 bits per heavy atom. The summed E-state index contributed by atoms with van der Waals surface area (Å²) in [5.41, 5.74) is 0.387. The topological polar surface area (TPSA) is 56.9 Å². The van der Waals surface area contributed by atoms with Gasteiger partial charge < -0.3 is 15.6 Å². The summed E-state index contributed by atoms with van der Waals surface area (Å²) < 4.78 is 0. The van der Waals surface area contributed by atoms with Crippen LogP contribution in [0.4, 0.5) is 0 Å². The van der Waals surface area contributed by atoms with E-state index < -0.39 is 0 Å². The third-order valence-corrected chi connectivity index (χ3v) is 2.73. The summed E-state index contributed by atoms with van der Waals surface area (Å²) >= 11 is 11.4. The number of amides is 1. The number of hydrogen-bond donors (Lipinski definition) is 3. The van der Waals surface area contributed by atoms with Gasteiger partial charge in [-0.05, 0) is 25.6 Å². The molecule has 0 aliphatic rings. The standard InChI is InChI=1S/C10H15Cl2N3O/c1-2-13-4-3-5-14-10(16)8-6-7(11)9(12)15-8/h6,13,15H,2-5H2,1H3,(H,14,16). The molecule has 0 unspecified atom stereocenters. The van der Waals surface area contributed by atoms with E-state index in [1.807, 2.05) is 6.92 Å². The van der Waals surface area contributed by atoms with Crippen LogP contribution >= 0.6 is 23.2 Å². The lowest BCUT2D eigenvalue weighted by Crippen LogP contribution is -2.27. The highest BCUT2D eigenvalue weighted by molar-refractivity contribution is 6.41. The first kappa shape index (κ1) is 13.4. The molecule has 0 bridgehead atoms. The van der Waals surface area contributed by atoms with E-state index in [9.17, 15) is 4.79 Å². The number of halogens is 2. The Labute approximate surface area is 105 Å². The Balaban J connectivity index is 2.30. The van der Waals surface area contributed by atoms with Crippen molar-refractivity contribution in [1.29, 1.82) is 0 Å². The van der Waals surface area contributed by atoms with Gasteiger partial charge in [0.15, 0.2) is 0 Å². The second kappa shape index (κ2) is 6.78. The van der Waals surface area contributed by atoms with Crippen molar-refractivity contribution in [3.63, 3.8) is 0 Å². The van der Waals surface area contributed by atoms with Crippen LogP contribution in [0.2, 0.25) is 10.2 Å². The smallest absolute Gasteiger partial charge is 0.267 e. The molecular formula is C10H15Cl2N3O. The monoisotopic (exact) mass is 263 g/mol. The molecule has 6 heteroatoms. The quantitative estimate of drug-likeness (QED) is 0.689. The zero-order valence-corrected chi connectivity index (χ0v) is 10.6. The van der Waals surface area contributed by atoms with Crippen LogP contribution in [0.1, 0.15) is 23.8 Å². The first-order valence-corrected chi connectivity index (χ1v) is 5.93. The van der Waals surface area contributed by atoms with Gasteiger partial charge in [-0.25, -0.2) is 0 Å². The van der Waals surface area contributed by atoms with Crippen LogP contribution in [-0.4, -0.2) is 30.5 Å². The molecule has 0 fully saturated rings. The maximum Gasteiger partial charge on any atom is 0.267 e. The van der Waals surface area contributed by atoms with Gasteiger partial charge in [-0.15, -0.1) is 0 Å². The molecular weight excluding hydrogens is 249 g/mol. The first-order chi connectivity index (χ1) is 7.65. The molecule has 1 aromatic heterocycles. The average molecular weight is 264 g/mol. The summed E-state index contributed by atoms with van der Waals surface area (Å²) in [7, 11) is 0. The molecule has 0 aromatic carbocycles. The van der Waals surface area contributed by atoms with Crippen molar-refractivity contribution >= 4 is 29.1 Å². The molecule has 1 rings (SSSR count). The van der Waals surface area contributed by atoms with Gasteiger partial charge in [-0.2, -0.15) is 0 Å². The van der Waals surface area contributed by atoms with Crippen molar-refractivity contribution in [1.82, 2.24) is 15.6 Å². The summed E-state index contributed by atoms with van der Waals surface area (Å²) in [4.78, 5) is 14.3. The van der Waals surface area contributed by atoms with Crippen LogP contribution in [0.15, 0.2) is 6.07 Å². The number of aromatic nitrogens is 1. The zero-order valence-electron chi connectivity index (χ0n) is 9.07. The molecule has 1 amide bonds. The van der Waals surface area contributed by atoms with Crippen molar-refractivity contribution in [3.8, 4) is 0 Å². The maximum absolute atomic E-state index is 11.6. The highest BCUT2D eigenvalue weighted by Gasteiger charge is 2.10. The van der Waals surface area contributed by atoms with Crippen molar-refractivity contribution < 1.29 is 4.79 Å². The third-order valence-electron chi connectivity index (χ3n) is 2.04. The van der Waals surface area contributed by atoms with E-state index >= 15 is 0 Å². The summed E-state index contributed by atoms with van der Waals surface area (Å²) in [5.74, 6) is -0.190.